The number of para-hydroxylation sites is 1. The Labute approximate surface area is 264 Å². The first-order valence-electron chi connectivity index (χ1n) is 15.4. The number of benzene rings is 3. The maximum atomic E-state index is 15.2. The first-order valence-corrected chi connectivity index (χ1v) is 15.4. The van der Waals surface area contributed by atoms with Crippen molar-refractivity contribution >= 4 is 34.9 Å². The Balaban J connectivity index is 1.21. The number of tetrazole rings is 1. The number of hydrogen-bond donors (Lipinski definition) is 3. The number of anilines is 2. The number of aromatic nitrogens is 4. The number of benzodiazepines with no additional fused rings is 1. The minimum Gasteiger partial charge on any atom is -0.341 e. The number of carbonyl (C=O) groups is 3. The van der Waals surface area contributed by atoms with E-state index in [0.29, 0.717) is 53.3 Å². The number of nitrogens with zero attached hydrogens (tertiary/aromatic N) is 6. The molecule has 4 amide bonds. The number of rotatable bonds is 6. The number of hydrogen-bond acceptors (Lipinski definition) is 7. The van der Waals surface area contributed by atoms with E-state index in [1.165, 1.54) is 11.0 Å². The standard InChI is InChI=1S/C33H32FN9O3/c34-26-10-3-1-8-24(26)29-25-9-2-4-11-27(25)43(19-28(44)42-17-20-12-13-21(18-42)15-14-20)32(45)31(36-29)37-33(46)35-23-7-5-6-22(16-23)30-38-40-41-39-30/h1-11,16,20-21,31H,12-15,17-19H2,(H2,35,37,46)(H,38,39,40,41)/t20?,21?,31-/m0/s1. The van der Waals surface area contributed by atoms with Crippen LogP contribution in [0.2, 0.25) is 0 Å². The zero-order chi connectivity index (χ0) is 31.6. The Kier molecular flexibility index (Phi) is 7.95. The van der Waals surface area contributed by atoms with Gasteiger partial charge in [-0.2, -0.15) is 5.21 Å². The first-order chi connectivity index (χ1) is 22.4. The highest BCUT2D eigenvalue weighted by Gasteiger charge is 2.37. The molecule has 234 valence electrons. The van der Waals surface area contributed by atoms with Crippen molar-refractivity contribution in [3.05, 3.63) is 89.7 Å². The van der Waals surface area contributed by atoms with E-state index >= 15 is 4.39 Å². The quantitative estimate of drug-likeness (QED) is 0.297. The van der Waals surface area contributed by atoms with Gasteiger partial charge in [-0.1, -0.05) is 42.5 Å². The molecule has 0 spiro atoms. The van der Waals surface area contributed by atoms with E-state index in [1.807, 2.05) is 4.90 Å². The summed E-state index contributed by atoms with van der Waals surface area (Å²) in [6.07, 6.45) is 2.98. The zero-order valence-corrected chi connectivity index (χ0v) is 24.9. The molecule has 2 saturated heterocycles. The molecule has 46 heavy (non-hydrogen) atoms. The first kappa shape index (κ1) is 29.3. The number of nitrogens with one attached hydrogen (secondary N) is 3. The maximum Gasteiger partial charge on any atom is 0.321 e. The Morgan fingerprint density at radius 2 is 1.63 bits per heavy atom. The van der Waals surface area contributed by atoms with Gasteiger partial charge in [0.25, 0.3) is 5.91 Å². The lowest BCUT2D eigenvalue weighted by Crippen LogP contribution is -2.51. The van der Waals surface area contributed by atoms with Crippen LogP contribution in [0.15, 0.2) is 77.8 Å². The summed E-state index contributed by atoms with van der Waals surface area (Å²) in [5.74, 6) is -0.0458. The van der Waals surface area contributed by atoms with Crippen molar-refractivity contribution in [1.29, 1.82) is 0 Å². The van der Waals surface area contributed by atoms with E-state index in [2.05, 4.69) is 36.3 Å². The van der Waals surface area contributed by atoms with Crippen LogP contribution in [0, 0.1) is 17.7 Å². The number of fused-ring (bicyclic) bond motifs is 5. The van der Waals surface area contributed by atoms with Crippen LogP contribution in [0.1, 0.15) is 36.8 Å². The van der Waals surface area contributed by atoms with Crippen molar-refractivity contribution in [1.82, 2.24) is 30.8 Å². The summed E-state index contributed by atoms with van der Waals surface area (Å²) in [6, 6.07) is 19.2. The molecule has 3 N–H and O–H groups in total. The summed E-state index contributed by atoms with van der Waals surface area (Å²) in [5.41, 5.74) is 2.26. The van der Waals surface area contributed by atoms with Crippen molar-refractivity contribution < 1.29 is 18.8 Å². The zero-order valence-electron chi connectivity index (χ0n) is 24.9. The fraction of sp³-hybridized carbons (Fsp3) is 0.303. The predicted molar refractivity (Wildman–Crippen MR) is 168 cm³/mol. The minimum absolute atomic E-state index is 0.167. The highest BCUT2D eigenvalue weighted by Crippen LogP contribution is 2.34. The van der Waals surface area contributed by atoms with Crippen LogP contribution in [0.4, 0.5) is 20.6 Å². The van der Waals surface area contributed by atoms with Crippen molar-refractivity contribution in [2.24, 2.45) is 16.8 Å². The molecule has 13 heteroatoms. The third kappa shape index (κ3) is 5.95. The van der Waals surface area contributed by atoms with Gasteiger partial charge in [0.1, 0.15) is 12.4 Å². The van der Waals surface area contributed by atoms with E-state index in [9.17, 15) is 14.4 Å². The van der Waals surface area contributed by atoms with Crippen LogP contribution < -0.4 is 15.5 Å². The van der Waals surface area contributed by atoms with E-state index in [-0.39, 0.29) is 23.7 Å². The SMILES string of the molecule is O=C(Nc1cccc(-c2nn[nH]n2)c1)N[C@@H]1N=C(c2ccccc2F)c2ccccc2N(CC(=O)N2CC3CCC(CC3)C2)C1=O. The summed E-state index contributed by atoms with van der Waals surface area (Å²) in [5, 5.41) is 19.3. The van der Waals surface area contributed by atoms with Gasteiger partial charge in [0.15, 0.2) is 0 Å². The minimum atomic E-state index is -1.46. The van der Waals surface area contributed by atoms with Gasteiger partial charge < -0.3 is 15.5 Å². The van der Waals surface area contributed by atoms with E-state index in [4.69, 9.17) is 0 Å². The molecule has 4 aromatic rings. The van der Waals surface area contributed by atoms with Crippen LogP contribution in [0.3, 0.4) is 0 Å². The Morgan fingerprint density at radius 1 is 0.913 bits per heavy atom. The van der Waals surface area contributed by atoms with Gasteiger partial charge in [-0.25, -0.2) is 14.2 Å². The molecule has 3 aromatic carbocycles. The van der Waals surface area contributed by atoms with Gasteiger partial charge in [-0.15, -0.1) is 10.2 Å². The van der Waals surface area contributed by atoms with Crippen molar-refractivity contribution in [2.45, 2.75) is 31.8 Å². The molecule has 0 unspecified atom stereocenters. The molecule has 0 radical (unpaired) electrons. The normalized spacial score (nSPS) is 20.8. The fourth-order valence-corrected chi connectivity index (χ4v) is 6.60. The summed E-state index contributed by atoms with van der Waals surface area (Å²) >= 11 is 0. The molecule has 2 bridgehead atoms. The smallest absolute Gasteiger partial charge is 0.321 e. The lowest BCUT2D eigenvalue weighted by molar-refractivity contribution is -0.132. The van der Waals surface area contributed by atoms with E-state index in [0.717, 1.165) is 25.7 Å². The van der Waals surface area contributed by atoms with E-state index < -0.39 is 23.9 Å². The monoisotopic (exact) mass is 621 g/mol. The van der Waals surface area contributed by atoms with Gasteiger partial charge >= 0.3 is 6.03 Å². The summed E-state index contributed by atoms with van der Waals surface area (Å²) < 4.78 is 15.2. The summed E-state index contributed by atoms with van der Waals surface area (Å²) in [4.78, 5) is 49.3. The number of urea groups is 1. The van der Waals surface area contributed by atoms with Gasteiger partial charge in [-0.3, -0.25) is 14.5 Å². The van der Waals surface area contributed by atoms with Gasteiger partial charge in [0, 0.05) is 35.5 Å². The molecule has 1 aliphatic carbocycles. The third-order valence-corrected chi connectivity index (χ3v) is 8.90. The highest BCUT2D eigenvalue weighted by atomic mass is 19.1. The third-order valence-electron chi connectivity index (χ3n) is 8.90. The number of aliphatic imine (C=N–C) groups is 1. The van der Waals surface area contributed by atoms with E-state index in [1.54, 1.807) is 66.7 Å². The molecule has 1 saturated carbocycles. The van der Waals surface area contributed by atoms with Gasteiger partial charge in [0.2, 0.25) is 17.9 Å². The molecule has 8 rings (SSSR count). The van der Waals surface area contributed by atoms with Crippen LogP contribution in [-0.4, -0.2) is 74.9 Å². The Bertz CT molecular complexity index is 1790. The summed E-state index contributed by atoms with van der Waals surface area (Å²) in [6.45, 7) is 1.11. The van der Waals surface area contributed by atoms with Crippen LogP contribution in [0.25, 0.3) is 11.4 Å². The molecule has 1 aromatic heterocycles. The highest BCUT2D eigenvalue weighted by molar-refractivity contribution is 6.21. The number of halogens is 1. The maximum absolute atomic E-state index is 15.2. The second-order valence-electron chi connectivity index (χ2n) is 11.9. The Morgan fingerprint density at radius 3 is 2.35 bits per heavy atom. The molecular formula is C33H32FN9O3. The number of amides is 4. The van der Waals surface area contributed by atoms with Crippen molar-refractivity contribution in [3.63, 3.8) is 0 Å². The van der Waals surface area contributed by atoms with Crippen molar-refractivity contribution in [3.8, 4) is 11.4 Å². The average Bonchev–Trinajstić information content (AvgIpc) is 3.40. The largest absolute Gasteiger partial charge is 0.341 e. The van der Waals surface area contributed by atoms with Crippen LogP contribution in [0.5, 0.6) is 0 Å². The predicted octanol–water partition coefficient (Wildman–Crippen LogP) is 3.99. The lowest BCUT2D eigenvalue weighted by Gasteiger charge is -2.29. The lowest BCUT2D eigenvalue weighted by atomic mass is 9.84. The topological polar surface area (TPSA) is 149 Å². The Hall–Kier alpha value is -5.46. The van der Waals surface area contributed by atoms with Crippen LogP contribution >= 0.6 is 0 Å². The molecule has 3 aliphatic heterocycles. The molecule has 4 heterocycles. The van der Waals surface area contributed by atoms with Gasteiger partial charge in [0.05, 0.1) is 11.4 Å². The average molecular weight is 622 g/mol. The van der Waals surface area contributed by atoms with Crippen molar-refractivity contribution in [2.75, 3.05) is 29.9 Å². The molecule has 3 fully saturated rings. The second-order valence-corrected chi connectivity index (χ2v) is 11.9. The number of H-pyrrole nitrogens is 1. The van der Waals surface area contributed by atoms with Gasteiger partial charge in [-0.05, 0) is 73.1 Å². The molecule has 4 aliphatic rings. The van der Waals surface area contributed by atoms with Crippen LogP contribution in [-0.2, 0) is 9.59 Å². The fourth-order valence-electron chi connectivity index (χ4n) is 6.60. The molecule has 1 atom stereocenters. The number of carbonyl (C=O) groups excluding carboxylic acids is 3. The molecule has 12 nitrogen and oxygen atoms in total. The second kappa shape index (κ2) is 12.5. The summed E-state index contributed by atoms with van der Waals surface area (Å²) in [7, 11) is 0. The number of aromatic amines is 1. The molecular weight excluding hydrogens is 589 g/mol.